The van der Waals surface area contributed by atoms with Crippen LogP contribution in [0.4, 0.5) is 0 Å². The molecule has 3 rings (SSSR count). The van der Waals surface area contributed by atoms with Gasteiger partial charge in [0.15, 0.2) is 5.60 Å². The van der Waals surface area contributed by atoms with E-state index in [9.17, 15) is 9.90 Å². The Morgan fingerprint density at radius 1 is 1.33 bits per heavy atom. The van der Waals surface area contributed by atoms with Crippen LogP contribution in [0.2, 0.25) is 5.02 Å². The topological polar surface area (TPSA) is 71.7 Å². The molecule has 0 fully saturated rings. The molecule has 1 atom stereocenters. The van der Waals surface area contributed by atoms with Crippen molar-refractivity contribution in [2.75, 3.05) is 6.54 Å². The third-order valence-electron chi connectivity index (χ3n) is 3.94. The summed E-state index contributed by atoms with van der Waals surface area (Å²) in [7, 11) is 0. The van der Waals surface area contributed by atoms with E-state index < -0.39 is 11.7 Å². The molecule has 0 radical (unpaired) electrons. The highest BCUT2D eigenvalue weighted by Crippen LogP contribution is 2.29. The molecular weight excluding hydrogens is 386 g/mol. The molecule has 2 heterocycles. The molecule has 2 aromatic heterocycles. The lowest BCUT2D eigenvalue weighted by Gasteiger charge is -2.26. The van der Waals surface area contributed by atoms with Crippen LogP contribution in [0.25, 0.3) is 11.3 Å². The van der Waals surface area contributed by atoms with Gasteiger partial charge < -0.3 is 19.6 Å². The molecule has 142 valence electrons. The van der Waals surface area contributed by atoms with Gasteiger partial charge in [0.1, 0.15) is 17.6 Å². The number of benzene rings is 1. The monoisotopic (exact) mass is 405 g/mol. The second-order valence-corrected chi connectivity index (χ2v) is 7.89. The maximum Gasteiger partial charge on any atom is 0.263 e. The molecule has 1 unspecified atom stereocenters. The van der Waals surface area contributed by atoms with E-state index in [1.807, 2.05) is 23.6 Å². The van der Waals surface area contributed by atoms with Crippen LogP contribution in [0.15, 0.2) is 58.5 Å². The normalized spacial score (nSPS) is 12.6. The first-order valence-corrected chi connectivity index (χ1v) is 9.64. The summed E-state index contributed by atoms with van der Waals surface area (Å²) in [6.45, 7) is 3.43. The summed E-state index contributed by atoms with van der Waals surface area (Å²) < 4.78 is 11.1. The van der Waals surface area contributed by atoms with Crippen molar-refractivity contribution in [2.45, 2.75) is 25.6 Å². The van der Waals surface area contributed by atoms with E-state index in [0.29, 0.717) is 10.8 Å². The number of hydrogen-bond donors (Lipinski definition) is 2. The number of aliphatic hydroxyl groups excluding tert-OH is 1. The van der Waals surface area contributed by atoms with Crippen LogP contribution < -0.4 is 10.1 Å². The Hall–Kier alpha value is -2.28. The predicted octanol–water partition coefficient (Wildman–Crippen LogP) is 4.67. The fraction of sp³-hybridized carbons (Fsp3) is 0.250. The van der Waals surface area contributed by atoms with E-state index in [2.05, 4.69) is 5.32 Å². The molecule has 3 aromatic rings. The second-order valence-electron chi connectivity index (χ2n) is 6.51. The maximum atomic E-state index is 12.5. The third kappa shape index (κ3) is 4.91. The average molecular weight is 406 g/mol. The van der Waals surface area contributed by atoms with Crippen molar-refractivity contribution in [2.24, 2.45) is 0 Å². The highest BCUT2D eigenvalue weighted by atomic mass is 35.5. The third-order valence-corrected chi connectivity index (χ3v) is 5.23. The lowest BCUT2D eigenvalue weighted by molar-refractivity contribution is -0.134. The zero-order chi connectivity index (χ0) is 19.4. The van der Waals surface area contributed by atoms with Crippen LogP contribution in [0.1, 0.15) is 24.8 Å². The lowest BCUT2D eigenvalue weighted by Crippen LogP contribution is -2.47. The number of carbonyl (C=O) groups excluding carboxylic acids is 1. The fourth-order valence-electron chi connectivity index (χ4n) is 2.45. The van der Waals surface area contributed by atoms with Crippen molar-refractivity contribution in [1.82, 2.24) is 5.32 Å². The summed E-state index contributed by atoms with van der Waals surface area (Å²) in [5, 5.41) is 15.6. The first kappa shape index (κ1) is 19.5. The number of rotatable bonds is 7. The largest absolute Gasteiger partial charge is 0.478 e. The zero-order valence-corrected chi connectivity index (χ0v) is 16.5. The molecule has 0 aliphatic carbocycles. The van der Waals surface area contributed by atoms with Gasteiger partial charge in [-0.2, -0.15) is 0 Å². The van der Waals surface area contributed by atoms with Gasteiger partial charge in [-0.15, -0.1) is 11.3 Å². The fourth-order valence-corrected chi connectivity index (χ4v) is 3.45. The van der Waals surface area contributed by atoms with Crippen molar-refractivity contribution in [3.8, 4) is 17.1 Å². The number of carbonyl (C=O) groups is 1. The van der Waals surface area contributed by atoms with Gasteiger partial charge in [-0.1, -0.05) is 11.6 Å². The molecule has 7 heteroatoms. The number of halogens is 1. The molecule has 0 aliphatic rings. The van der Waals surface area contributed by atoms with Crippen LogP contribution >= 0.6 is 22.9 Å². The van der Waals surface area contributed by atoms with E-state index >= 15 is 0 Å². The number of hydrogen-bond acceptors (Lipinski definition) is 5. The van der Waals surface area contributed by atoms with Gasteiger partial charge in [-0.05, 0) is 56.3 Å². The minimum Gasteiger partial charge on any atom is -0.478 e. The molecule has 5 nitrogen and oxygen atoms in total. The van der Waals surface area contributed by atoms with Crippen molar-refractivity contribution < 1.29 is 19.1 Å². The summed E-state index contributed by atoms with van der Waals surface area (Å²) in [5.74, 6) is 0.965. The van der Waals surface area contributed by atoms with Crippen molar-refractivity contribution >= 4 is 28.8 Å². The van der Waals surface area contributed by atoms with Gasteiger partial charge in [-0.3, -0.25) is 4.79 Å². The smallest absolute Gasteiger partial charge is 0.263 e. The SMILES string of the molecule is CC(C)(Oc1ccc(Cl)cc1)C(=O)NCC(O)c1cc(-c2ccco2)cs1. The Morgan fingerprint density at radius 2 is 2.07 bits per heavy atom. The number of nitrogens with one attached hydrogen (secondary N) is 1. The van der Waals surface area contributed by atoms with Crippen molar-refractivity contribution in [1.29, 1.82) is 0 Å². The van der Waals surface area contributed by atoms with Crippen LogP contribution in [0.5, 0.6) is 5.75 Å². The quantitative estimate of drug-likeness (QED) is 0.599. The Balaban J connectivity index is 1.56. The maximum absolute atomic E-state index is 12.5. The Kier molecular flexibility index (Phi) is 5.89. The van der Waals surface area contributed by atoms with Gasteiger partial charge in [-0.25, -0.2) is 0 Å². The molecule has 0 saturated heterocycles. The molecule has 27 heavy (non-hydrogen) atoms. The van der Waals surface area contributed by atoms with E-state index in [1.165, 1.54) is 11.3 Å². The molecule has 0 saturated carbocycles. The summed E-state index contributed by atoms with van der Waals surface area (Å²) >= 11 is 7.27. The first-order valence-electron chi connectivity index (χ1n) is 8.38. The van der Waals surface area contributed by atoms with Crippen LogP contribution in [-0.2, 0) is 4.79 Å². The Morgan fingerprint density at radius 3 is 2.74 bits per heavy atom. The van der Waals surface area contributed by atoms with Crippen LogP contribution in [0, 0.1) is 0 Å². The lowest BCUT2D eigenvalue weighted by atomic mass is 10.1. The summed E-state index contributed by atoms with van der Waals surface area (Å²) in [6.07, 6.45) is 0.792. The van der Waals surface area contributed by atoms with Gasteiger partial charge >= 0.3 is 0 Å². The number of amides is 1. The Labute approximate surface area is 166 Å². The molecule has 2 N–H and O–H groups in total. The van der Waals surface area contributed by atoms with E-state index in [0.717, 1.165) is 16.2 Å². The Bertz CT molecular complexity index is 887. The summed E-state index contributed by atoms with van der Waals surface area (Å²) in [5.41, 5.74) is -0.195. The highest BCUT2D eigenvalue weighted by Gasteiger charge is 2.30. The van der Waals surface area contributed by atoms with E-state index in [-0.39, 0.29) is 12.5 Å². The standard InChI is InChI=1S/C20H20ClNO4S/c1-20(2,26-15-7-5-14(21)6-8-15)19(24)22-11-16(23)18-10-13(12-27-18)17-4-3-9-25-17/h3-10,12,16,23H,11H2,1-2H3,(H,22,24). The van der Waals surface area contributed by atoms with Crippen LogP contribution in [-0.4, -0.2) is 23.2 Å². The van der Waals surface area contributed by atoms with Gasteiger partial charge in [0.05, 0.1) is 6.26 Å². The van der Waals surface area contributed by atoms with E-state index in [4.69, 9.17) is 20.8 Å². The van der Waals surface area contributed by atoms with Gasteiger partial charge in [0.25, 0.3) is 5.91 Å². The predicted molar refractivity (Wildman–Crippen MR) is 106 cm³/mol. The molecule has 1 amide bonds. The molecule has 0 spiro atoms. The molecule has 1 aromatic carbocycles. The number of furan rings is 1. The zero-order valence-electron chi connectivity index (χ0n) is 14.9. The van der Waals surface area contributed by atoms with Crippen LogP contribution in [0.3, 0.4) is 0 Å². The number of ether oxygens (including phenoxy) is 1. The molecular formula is C20H20ClNO4S. The molecule has 0 bridgehead atoms. The van der Waals surface area contributed by atoms with Gasteiger partial charge in [0.2, 0.25) is 0 Å². The van der Waals surface area contributed by atoms with Gasteiger partial charge in [0, 0.05) is 27.4 Å². The molecule has 0 aliphatic heterocycles. The van der Waals surface area contributed by atoms with Crippen molar-refractivity contribution in [3.05, 3.63) is 64.0 Å². The minimum absolute atomic E-state index is 0.0876. The summed E-state index contributed by atoms with van der Waals surface area (Å²) in [4.78, 5) is 13.2. The van der Waals surface area contributed by atoms with Crippen molar-refractivity contribution in [3.63, 3.8) is 0 Å². The summed E-state index contributed by atoms with van der Waals surface area (Å²) in [6, 6.07) is 12.3. The highest BCUT2D eigenvalue weighted by molar-refractivity contribution is 7.10. The first-order chi connectivity index (χ1) is 12.8. The number of aliphatic hydroxyl groups is 1. The second kappa shape index (κ2) is 8.17. The van der Waals surface area contributed by atoms with E-state index in [1.54, 1.807) is 44.4 Å². The minimum atomic E-state index is -1.09. The average Bonchev–Trinajstić information content (AvgIpc) is 3.32. The number of thiophene rings is 1.